The van der Waals surface area contributed by atoms with Crippen LogP contribution in [0.3, 0.4) is 0 Å². The minimum atomic E-state index is -3.23. The molecule has 0 aliphatic carbocycles. The van der Waals surface area contributed by atoms with Crippen molar-refractivity contribution in [3.05, 3.63) is 0 Å². The first-order valence-electron chi connectivity index (χ1n) is 5.42. The van der Waals surface area contributed by atoms with Crippen molar-refractivity contribution >= 4 is 10.0 Å². The Kier molecular flexibility index (Phi) is 7.19. The van der Waals surface area contributed by atoms with Crippen molar-refractivity contribution in [1.82, 2.24) is 0 Å². The first-order valence-corrected chi connectivity index (χ1v) is 7.14. The molecular formula is C10H23NO2S. The lowest BCUT2D eigenvalue weighted by molar-refractivity contribution is 0.517. The standard InChI is InChI=1S/C10H23NO2S/c1-10(2)8-6-4-3-5-7-9-14(11,12)13/h10H,3-9H2,1-2H3,(H2,11,12,13). The molecule has 4 heteroatoms. The number of primary sulfonamides is 1. The van der Waals surface area contributed by atoms with Crippen molar-refractivity contribution in [2.24, 2.45) is 11.1 Å². The Balaban J connectivity index is 3.15. The summed E-state index contributed by atoms with van der Waals surface area (Å²) < 4.78 is 21.2. The second-order valence-electron chi connectivity index (χ2n) is 4.32. The molecule has 0 bridgehead atoms. The fraction of sp³-hybridized carbons (Fsp3) is 1.00. The van der Waals surface area contributed by atoms with Gasteiger partial charge in [0, 0.05) is 0 Å². The summed E-state index contributed by atoms with van der Waals surface area (Å²) in [6, 6.07) is 0. The molecule has 0 rings (SSSR count). The first-order chi connectivity index (χ1) is 6.42. The minimum Gasteiger partial charge on any atom is -0.229 e. The molecule has 0 aromatic heterocycles. The number of sulfonamides is 1. The highest BCUT2D eigenvalue weighted by atomic mass is 32.2. The number of nitrogens with two attached hydrogens (primary N) is 1. The first kappa shape index (κ1) is 13.9. The number of hydrogen-bond acceptors (Lipinski definition) is 2. The van der Waals surface area contributed by atoms with Gasteiger partial charge in [0.25, 0.3) is 0 Å². The Labute approximate surface area is 88.1 Å². The summed E-state index contributed by atoms with van der Waals surface area (Å²) in [6.07, 6.45) is 6.56. The maximum absolute atomic E-state index is 10.6. The van der Waals surface area contributed by atoms with Crippen LogP contribution in [0, 0.1) is 5.92 Å². The maximum Gasteiger partial charge on any atom is 0.209 e. The van der Waals surface area contributed by atoms with Crippen LogP contribution in [0.15, 0.2) is 0 Å². The van der Waals surface area contributed by atoms with Crippen LogP contribution in [-0.2, 0) is 10.0 Å². The highest BCUT2D eigenvalue weighted by Crippen LogP contribution is 2.10. The Hall–Kier alpha value is -0.0900. The summed E-state index contributed by atoms with van der Waals surface area (Å²) in [4.78, 5) is 0. The van der Waals surface area contributed by atoms with Crippen LogP contribution < -0.4 is 5.14 Å². The molecular weight excluding hydrogens is 198 g/mol. The highest BCUT2D eigenvalue weighted by molar-refractivity contribution is 7.89. The maximum atomic E-state index is 10.6. The van der Waals surface area contributed by atoms with Gasteiger partial charge in [-0.05, 0) is 12.3 Å². The summed E-state index contributed by atoms with van der Waals surface area (Å²) >= 11 is 0. The van der Waals surface area contributed by atoms with E-state index in [0.717, 1.165) is 18.8 Å². The Morgan fingerprint density at radius 3 is 2.00 bits per heavy atom. The lowest BCUT2D eigenvalue weighted by Gasteiger charge is -2.03. The summed E-state index contributed by atoms with van der Waals surface area (Å²) in [5, 5.41) is 4.89. The molecule has 0 aromatic rings. The van der Waals surface area contributed by atoms with Crippen LogP contribution in [-0.4, -0.2) is 14.2 Å². The lowest BCUT2D eigenvalue weighted by Crippen LogP contribution is -2.16. The monoisotopic (exact) mass is 221 g/mol. The highest BCUT2D eigenvalue weighted by Gasteiger charge is 2.01. The van der Waals surface area contributed by atoms with Crippen molar-refractivity contribution in [2.45, 2.75) is 52.4 Å². The van der Waals surface area contributed by atoms with Crippen molar-refractivity contribution in [1.29, 1.82) is 0 Å². The summed E-state index contributed by atoms with van der Waals surface area (Å²) in [7, 11) is -3.23. The van der Waals surface area contributed by atoms with E-state index >= 15 is 0 Å². The van der Waals surface area contributed by atoms with Gasteiger partial charge in [0.2, 0.25) is 10.0 Å². The van der Waals surface area contributed by atoms with E-state index in [1.165, 1.54) is 19.3 Å². The van der Waals surface area contributed by atoms with Gasteiger partial charge in [0.1, 0.15) is 0 Å². The molecule has 0 radical (unpaired) electrons. The molecule has 0 aromatic carbocycles. The van der Waals surface area contributed by atoms with Gasteiger partial charge in [-0.15, -0.1) is 0 Å². The summed E-state index contributed by atoms with van der Waals surface area (Å²) in [6.45, 7) is 4.45. The number of hydrogen-bond donors (Lipinski definition) is 1. The molecule has 86 valence electrons. The predicted molar refractivity (Wildman–Crippen MR) is 60.5 cm³/mol. The average molecular weight is 221 g/mol. The van der Waals surface area contributed by atoms with Crippen molar-refractivity contribution < 1.29 is 8.42 Å². The zero-order valence-corrected chi connectivity index (χ0v) is 10.1. The van der Waals surface area contributed by atoms with Crippen molar-refractivity contribution in [3.63, 3.8) is 0 Å². The molecule has 0 fully saturated rings. The molecule has 2 N–H and O–H groups in total. The van der Waals surface area contributed by atoms with Gasteiger partial charge in [-0.3, -0.25) is 0 Å². The molecule has 0 aliphatic heterocycles. The van der Waals surface area contributed by atoms with E-state index < -0.39 is 10.0 Å². The molecule has 3 nitrogen and oxygen atoms in total. The molecule has 0 aliphatic rings. The van der Waals surface area contributed by atoms with Gasteiger partial charge in [0.05, 0.1) is 5.75 Å². The molecule has 0 spiro atoms. The van der Waals surface area contributed by atoms with Crippen LogP contribution in [0.5, 0.6) is 0 Å². The smallest absolute Gasteiger partial charge is 0.209 e. The van der Waals surface area contributed by atoms with Crippen LogP contribution in [0.1, 0.15) is 52.4 Å². The minimum absolute atomic E-state index is 0.136. The molecule has 0 saturated carbocycles. The van der Waals surface area contributed by atoms with E-state index in [9.17, 15) is 8.42 Å². The summed E-state index contributed by atoms with van der Waals surface area (Å²) in [5.74, 6) is 0.913. The Bertz CT molecular complexity index is 222. The lowest BCUT2D eigenvalue weighted by atomic mass is 10.0. The second-order valence-corrected chi connectivity index (χ2v) is 6.05. The average Bonchev–Trinajstić information content (AvgIpc) is 2.00. The third kappa shape index (κ3) is 11.9. The molecule has 0 unspecified atom stereocenters. The molecule has 0 atom stereocenters. The predicted octanol–water partition coefficient (Wildman–Crippen LogP) is 2.27. The van der Waals surface area contributed by atoms with E-state index in [-0.39, 0.29) is 5.75 Å². The Morgan fingerprint density at radius 2 is 1.50 bits per heavy atom. The quantitative estimate of drug-likeness (QED) is 0.639. The van der Waals surface area contributed by atoms with Crippen LogP contribution in [0.25, 0.3) is 0 Å². The zero-order chi connectivity index (χ0) is 11.0. The van der Waals surface area contributed by atoms with E-state index in [1.807, 2.05) is 0 Å². The largest absolute Gasteiger partial charge is 0.229 e. The number of rotatable bonds is 8. The van der Waals surface area contributed by atoms with E-state index in [0.29, 0.717) is 6.42 Å². The topological polar surface area (TPSA) is 60.2 Å². The molecule has 0 amide bonds. The number of unbranched alkanes of at least 4 members (excludes halogenated alkanes) is 4. The summed E-state index contributed by atoms with van der Waals surface area (Å²) in [5.41, 5.74) is 0. The van der Waals surface area contributed by atoms with Crippen molar-refractivity contribution in [2.75, 3.05) is 5.75 Å². The normalized spacial score (nSPS) is 12.3. The van der Waals surface area contributed by atoms with Gasteiger partial charge in [-0.25, -0.2) is 13.6 Å². The van der Waals surface area contributed by atoms with Crippen LogP contribution >= 0.6 is 0 Å². The Morgan fingerprint density at radius 1 is 1.00 bits per heavy atom. The zero-order valence-electron chi connectivity index (χ0n) is 9.33. The van der Waals surface area contributed by atoms with Crippen LogP contribution in [0.2, 0.25) is 0 Å². The third-order valence-electron chi connectivity index (χ3n) is 2.21. The third-order valence-corrected chi connectivity index (χ3v) is 3.07. The van der Waals surface area contributed by atoms with Gasteiger partial charge in [-0.1, -0.05) is 46.0 Å². The van der Waals surface area contributed by atoms with Gasteiger partial charge >= 0.3 is 0 Å². The SMILES string of the molecule is CC(C)CCCCCCCS(N)(=O)=O. The van der Waals surface area contributed by atoms with E-state index in [4.69, 9.17) is 5.14 Å². The second kappa shape index (κ2) is 7.23. The van der Waals surface area contributed by atoms with Crippen molar-refractivity contribution in [3.8, 4) is 0 Å². The fourth-order valence-electron chi connectivity index (χ4n) is 1.39. The molecule has 0 saturated heterocycles. The van der Waals surface area contributed by atoms with E-state index in [1.54, 1.807) is 0 Å². The fourth-order valence-corrected chi connectivity index (χ4v) is 1.99. The molecule has 0 heterocycles. The van der Waals surface area contributed by atoms with Gasteiger partial charge < -0.3 is 0 Å². The molecule has 14 heavy (non-hydrogen) atoms. The van der Waals surface area contributed by atoms with E-state index in [2.05, 4.69) is 13.8 Å². The van der Waals surface area contributed by atoms with Gasteiger partial charge in [-0.2, -0.15) is 0 Å². The van der Waals surface area contributed by atoms with Gasteiger partial charge in [0.15, 0.2) is 0 Å². The van der Waals surface area contributed by atoms with Crippen LogP contribution in [0.4, 0.5) is 0 Å².